The highest BCUT2D eigenvalue weighted by Crippen LogP contribution is 2.39. The molecule has 2 atom stereocenters. The number of fused-ring (bicyclic) bond motifs is 2. The van der Waals surface area contributed by atoms with Gasteiger partial charge in [-0.1, -0.05) is 42.8 Å². The fourth-order valence-corrected chi connectivity index (χ4v) is 4.85. The molecule has 1 fully saturated rings. The number of hydrogen-bond donors (Lipinski definition) is 0. The van der Waals surface area contributed by atoms with E-state index in [1.165, 1.54) is 41.0 Å². The summed E-state index contributed by atoms with van der Waals surface area (Å²) in [5.41, 5.74) is 3.04. The molecule has 0 radical (unpaired) electrons. The van der Waals surface area contributed by atoms with Gasteiger partial charge in [-0.05, 0) is 49.5 Å². The Morgan fingerprint density at radius 3 is 2.68 bits per heavy atom. The summed E-state index contributed by atoms with van der Waals surface area (Å²) in [6.45, 7) is 3.31. The summed E-state index contributed by atoms with van der Waals surface area (Å²) >= 11 is 1.95. The molecule has 0 aliphatic carbocycles. The maximum atomic E-state index is 2.74. The minimum absolute atomic E-state index is 0.630. The highest BCUT2D eigenvalue weighted by Gasteiger charge is 2.34. The third-order valence-electron chi connectivity index (χ3n) is 5.05. The van der Waals surface area contributed by atoms with Crippen LogP contribution in [0.1, 0.15) is 41.0 Å². The van der Waals surface area contributed by atoms with E-state index in [0.717, 1.165) is 12.6 Å². The van der Waals surface area contributed by atoms with Crippen LogP contribution in [0.5, 0.6) is 0 Å². The van der Waals surface area contributed by atoms with Crippen LogP contribution in [0.3, 0.4) is 0 Å². The molecule has 22 heavy (non-hydrogen) atoms. The van der Waals surface area contributed by atoms with Crippen LogP contribution >= 0.6 is 11.3 Å². The van der Waals surface area contributed by atoms with Gasteiger partial charge in [-0.15, -0.1) is 11.3 Å². The summed E-state index contributed by atoms with van der Waals surface area (Å²) in [4.78, 5) is 5.66. The molecule has 0 saturated carbocycles. The molecular weight excluding hydrogens is 286 g/mol. The molecule has 2 aliphatic rings. The molecule has 0 N–H and O–H groups in total. The molecule has 1 nitrogen and oxygen atoms in total. The highest BCUT2D eigenvalue weighted by atomic mass is 32.1. The molecule has 3 heterocycles. The Hall–Kier alpha value is -1.38. The lowest BCUT2D eigenvalue weighted by atomic mass is 9.84. The molecule has 0 amide bonds. The van der Waals surface area contributed by atoms with E-state index < -0.39 is 0 Å². The monoisotopic (exact) mass is 309 g/mol. The van der Waals surface area contributed by atoms with E-state index in [-0.39, 0.29) is 0 Å². The Kier molecular flexibility index (Phi) is 3.89. The summed E-state index contributed by atoms with van der Waals surface area (Å²) in [5, 5.41) is 0. The van der Waals surface area contributed by atoms with Gasteiger partial charge < -0.3 is 0 Å². The first kappa shape index (κ1) is 14.2. The SMILES string of the molecule is Cc1ccc(C2=CC3CCCC(C2)N3Cc2ccccc2)s1. The summed E-state index contributed by atoms with van der Waals surface area (Å²) in [7, 11) is 0. The Balaban J connectivity index is 1.59. The van der Waals surface area contributed by atoms with Gasteiger partial charge in [0.25, 0.3) is 0 Å². The molecule has 1 saturated heterocycles. The van der Waals surface area contributed by atoms with Crippen molar-refractivity contribution in [1.29, 1.82) is 0 Å². The second-order valence-electron chi connectivity index (χ2n) is 6.62. The van der Waals surface area contributed by atoms with Gasteiger partial charge in [-0.25, -0.2) is 0 Å². The van der Waals surface area contributed by atoms with E-state index in [2.05, 4.69) is 60.4 Å². The normalized spacial score (nSPS) is 25.0. The van der Waals surface area contributed by atoms with Crippen LogP contribution in [0.25, 0.3) is 5.57 Å². The van der Waals surface area contributed by atoms with Crippen molar-refractivity contribution >= 4 is 16.9 Å². The molecule has 2 aliphatic heterocycles. The van der Waals surface area contributed by atoms with E-state index >= 15 is 0 Å². The zero-order valence-electron chi connectivity index (χ0n) is 13.2. The first-order valence-electron chi connectivity index (χ1n) is 8.37. The number of piperidine rings is 1. The third-order valence-corrected chi connectivity index (χ3v) is 6.12. The molecule has 0 spiro atoms. The number of hydrogen-bond acceptors (Lipinski definition) is 2. The summed E-state index contributed by atoms with van der Waals surface area (Å²) in [5.74, 6) is 0. The maximum Gasteiger partial charge on any atom is 0.0303 e. The highest BCUT2D eigenvalue weighted by molar-refractivity contribution is 7.13. The van der Waals surface area contributed by atoms with Gasteiger partial charge in [0.1, 0.15) is 0 Å². The fraction of sp³-hybridized carbons (Fsp3) is 0.400. The molecule has 1 aromatic heterocycles. The third kappa shape index (κ3) is 2.78. The Morgan fingerprint density at radius 1 is 1.09 bits per heavy atom. The average molecular weight is 309 g/mol. The van der Waals surface area contributed by atoms with Crippen molar-refractivity contribution in [1.82, 2.24) is 4.90 Å². The van der Waals surface area contributed by atoms with E-state index in [4.69, 9.17) is 0 Å². The van der Waals surface area contributed by atoms with Gasteiger partial charge in [0, 0.05) is 28.4 Å². The first-order valence-corrected chi connectivity index (χ1v) is 9.18. The number of aryl methyl sites for hydroxylation is 1. The lowest BCUT2D eigenvalue weighted by Crippen LogP contribution is -2.47. The molecular formula is C20H23NS. The van der Waals surface area contributed by atoms with Crippen molar-refractivity contribution in [2.24, 2.45) is 0 Å². The van der Waals surface area contributed by atoms with Crippen LogP contribution in [0, 0.1) is 6.92 Å². The van der Waals surface area contributed by atoms with Crippen molar-refractivity contribution in [3.05, 3.63) is 63.9 Å². The van der Waals surface area contributed by atoms with Crippen molar-refractivity contribution < 1.29 is 0 Å². The summed E-state index contributed by atoms with van der Waals surface area (Å²) in [6.07, 6.45) is 7.84. The second-order valence-corrected chi connectivity index (χ2v) is 7.90. The van der Waals surface area contributed by atoms with Crippen molar-refractivity contribution in [3.8, 4) is 0 Å². The van der Waals surface area contributed by atoms with E-state index in [1.807, 2.05) is 11.3 Å². The van der Waals surface area contributed by atoms with Crippen molar-refractivity contribution in [2.45, 2.75) is 51.2 Å². The molecule has 114 valence electrons. The van der Waals surface area contributed by atoms with E-state index in [0.29, 0.717) is 6.04 Å². The molecule has 2 unspecified atom stereocenters. The number of thiophene rings is 1. The van der Waals surface area contributed by atoms with Gasteiger partial charge in [0.2, 0.25) is 0 Å². The lowest BCUT2D eigenvalue weighted by Gasteiger charge is -2.45. The maximum absolute atomic E-state index is 2.74. The van der Waals surface area contributed by atoms with Gasteiger partial charge in [0.05, 0.1) is 0 Å². The average Bonchev–Trinajstić information content (AvgIpc) is 2.94. The predicted octanol–water partition coefficient (Wildman–Crippen LogP) is 5.27. The molecule has 4 rings (SSSR count). The predicted molar refractivity (Wildman–Crippen MR) is 95.1 cm³/mol. The van der Waals surface area contributed by atoms with Gasteiger partial charge in [-0.3, -0.25) is 4.90 Å². The Bertz CT molecular complexity index is 670. The molecule has 2 heteroatoms. The topological polar surface area (TPSA) is 3.24 Å². The van der Waals surface area contributed by atoms with Crippen LogP contribution < -0.4 is 0 Å². The van der Waals surface area contributed by atoms with Crippen molar-refractivity contribution in [3.63, 3.8) is 0 Å². The Labute approximate surface area is 137 Å². The number of rotatable bonds is 3. The van der Waals surface area contributed by atoms with Crippen LogP contribution in [0.4, 0.5) is 0 Å². The Morgan fingerprint density at radius 2 is 1.95 bits per heavy atom. The van der Waals surface area contributed by atoms with Crippen LogP contribution in [0.2, 0.25) is 0 Å². The summed E-state index contributed by atoms with van der Waals surface area (Å²) in [6, 6.07) is 16.9. The smallest absolute Gasteiger partial charge is 0.0303 e. The minimum atomic E-state index is 0.630. The quantitative estimate of drug-likeness (QED) is 0.747. The minimum Gasteiger partial charge on any atom is -0.289 e. The lowest BCUT2D eigenvalue weighted by molar-refractivity contribution is 0.0952. The molecule has 2 bridgehead atoms. The van der Waals surface area contributed by atoms with Gasteiger partial charge >= 0.3 is 0 Å². The zero-order chi connectivity index (χ0) is 14.9. The van der Waals surface area contributed by atoms with Gasteiger partial charge in [0.15, 0.2) is 0 Å². The summed E-state index contributed by atoms with van der Waals surface area (Å²) < 4.78 is 0. The number of benzene rings is 1. The van der Waals surface area contributed by atoms with Crippen molar-refractivity contribution in [2.75, 3.05) is 0 Å². The van der Waals surface area contributed by atoms with E-state index in [9.17, 15) is 0 Å². The standard InChI is InChI=1S/C20H23NS/c1-15-10-11-20(22-15)17-12-18-8-5-9-19(13-17)21(18)14-16-6-3-2-4-7-16/h2-4,6-7,10-12,18-19H,5,8-9,13-14H2,1H3. The fourth-order valence-electron chi connectivity index (χ4n) is 3.95. The number of nitrogens with zero attached hydrogens (tertiary/aromatic N) is 1. The van der Waals surface area contributed by atoms with Gasteiger partial charge in [-0.2, -0.15) is 0 Å². The largest absolute Gasteiger partial charge is 0.289 e. The van der Waals surface area contributed by atoms with Crippen LogP contribution in [-0.4, -0.2) is 17.0 Å². The second kappa shape index (κ2) is 6.02. The zero-order valence-corrected chi connectivity index (χ0v) is 14.0. The molecule has 2 aromatic rings. The first-order chi connectivity index (χ1) is 10.8. The molecule has 1 aromatic carbocycles. The van der Waals surface area contributed by atoms with Crippen LogP contribution in [0.15, 0.2) is 48.5 Å². The van der Waals surface area contributed by atoms with E-state index in [1.54, 1.807) is 5.57 Å². The van der Waals surface area contributed by atoms with Crippen LogP contribution in [-0.2, 0) is 6.54 Å².